The highest BCUT2D eigenvalue weighted by Gasteiger charge is 2.13. The molecule has 1 unspecified atom stereocenters. The Kier molecular flexibility index (Phi) is 4.11. The first-order valence-corrected chi connectivity index (χ1v) is 6.43. The van der Waals surface area contributed by atoms with Crippen LogP contribution in [0.1, 0.15) is 31.9 Å². The van der Waals surface area contributed by atoms with Crippen molar-refractivity contribution in [3.63, 3.8) is 0 Å². The Morgan fingerprint density at radius 1 is 1.33 bits per heavy atom. The zero-order valence-electron chi connectivity index (χ0n) is 11.1. The number of fused-ring (bicyclic) bond motifs is 1. The standard InChI is InChI=1S/C16H20N2/c1-4-17-16(11-12(2)3)14-7-5-9-15-13(14)8-6-10-18-15/h5-10,16-17H,2,4,11H2,1,3H3. The monoisotopic (exact) mass is 240 g/mol. The molecular weight excluding hydrogens is 220 g/mol. The lowest BCUT2D eigenvalue weighted by molar-refractivity contribution is 0.551. The number of hydrogen-bond donors (Lipinski definition) is 1. The Morgan fingerprint density at radius 3 is 2.89 bits per heavy atom. The molecule has 0 aliphatic carbocycles. The van der Waals surface area contributed by atoms with Crippen LogP contribution in [0.25, 0.3) is 10.9 Å². The molecule has 0 aliphatic heterocycles. The van der Waals surface area contributed by atoms with Crippen molar-refractivity contribution in [1.82, 2.24) is 10.3 Å². The highest BCUT2D eigenvalue weighted by atomic mass is 14.9. The van der Waals surface area contributed by atoms with Gasteiger partial charge in [-0.1, -0.05) is 30.7 Å². The first kappa shape index (κ1) is 12.8. The Bertz CT molecular complexity index is 540. The summed E-state index contributed by atoms with van der Waals surface area (Å²) in [7, 11) is 0. The maximum absolute atomic E-state index is 4.41. The van der Waals surface area contributed by atoms with Crippen LogP contribution in [0.5, 0.6) is 0 Å². The van der Waals surface area contributed by atoms with Gasteiger partial charge in [0.2, 0.25) is 0 Å². The van der Waals surface area contributed by atoms with Gasteiger partial charge in [-0.3, -0.25) is 4.98 Å². The summed E-state index contributed by atoms with van der Waals surface area (Å²) in [6.07, 6.45) is 2.80. The van der Waals surface area contributed by atoms with E-state index in [1.54, 1.807) is 0 Å². The van der Waals surface area contributed by atoms with Crippen LogP contribution in [0.3, 0.4) is 0 Å². The first-order chi connectivity index (χ1) is 8.72. The van der Waals surface area contributed by atoms with E-state index in [9.17, 15) is 0 Å². The zero-order chi connectivity index (χ0) is 13.0. The van der Waals surface area contributed by atoms with Gasteiger partial charge in [0.15, 0.2) is 0 Å². The second kappa shape index (κ2) is 5.78. The van der Waals surface area contributed by atoms with Crippen molar-refractivity contribution in [2.24, 2.45) is 0 Å². The van der Waals surface area contributed by atoms with Gasteiger partial charge in [-0.05, 0) is 37.6 Å². The second-order valence-electron chi connectivity index (χ2n) is 4.69. The largest absolute Gasteiger partial charge is 0.310 e. The van der Waals surface area contributed by atoms with E-state index in [0.29, 0.717) is 6.04 Å². The van der Waals surface area contributed by atoms with Crippen LogP contribution in [0, 0.1) is 0 Å². The van der Waals surface area contributed by atoms with Gasteiger partial charge in [-0.15, -0.1) is 6.58 Å². The van der Waals surface area contributed by atoms with Gasteiger partial charge in [-0.2, -0.15) is 0 Å². The smallest absolute Gasteiger partial charge is 0.0705 e. The van der Waals surface area contributed by atoms with Gasteiger partial charge in [-0.25, -0.2) is 0 Å². The van der Waals surface area contributed by atoms with Gasteiger partial charge in [0.05, 0.1) is 5.52 Å². The molecule has 0 radical (unpaired) electrons. The molecule has 0 bridgehead atoms. The summed E-state index contributed by atoms with van der Waals surface area (Å²) in [4.78, 5) is 4.41. The Balaban J connectivity index is 2.46. The van der Waals surface area contributed by atoms with Crippen molar-refractivity contribution < 1.29 is 0 Å². The van der Waals surface area contributed by atoms with Gasteiger partial charge >= 0.3 is 0 Å². The molecule has 0 saturated carbocycles. The highest BCUT2D eigenvalue weighted by Crippen LogP contribution is 2.26. The number of rotatable bonds is 5. The maximum Gasteiger partial charge on any atom is 0.0705 e. The van der Waals surface area contributed by atoms with Crippen molar-refractivity contribution in [1.29, 1.82) is 0 Å². The van der Waals surface area contributed by atoms with Crippen LogP contribution in [0.15, 0.2) is 48.7 Å². The van der Waals surface area contributed by atoms with Crippen LogP contribution >= 0.6 is 0 Å². The van der Waals surface area contributed by atoms with Crippen LogP contribution in [0.4, 0.5) is 0 Å². The van der Waals surface area contributed by atoms with E-state index in [0.717, 1.165) is 18.5 Å². The minimum Gasteiger partial charge on any atom is -0.310 e. The van der Waals surface area contributed by atoms with E-state index in [1.165, 1.54) is 16.5 Å². The minimum absolute atomic E-state index is 0.320. The number of nitrogens with zero attached hydrogens (tertiary/aromatic N) is 1. The summed E-state index contributed by atoms with van der Waals surface area (Å²) in [5, 5.41) is 4.76. The molecule has 2 heteroatoms. The fraction of sp³-hybridized carbons (Fsp3) is 0.312. The molecule has 0 saturated heterocycles. The summed E-state index contributed by atoms with van der Waals surface area (Å²) >= 11 is 0. The summed E-state index contributed by atoms with van der Waals surface area (Å²) in [5.74, 6) is 0. The van der Waals surface area contributed by atoms with E-state index in [1.807, 2.05) is 12.3 Å². The summed E-state index contributed by atoms with van der Waals surface area (Å²) in [6.45, 7) is 9.19. The lowest BCUT2D eigenvalue weighted by Gasteiger charge is -2.20. The third-order valence-electron chi connectivity index (χ3n) is 3.06. The van der Waals surface area contributed by atoms with Crippen molar-refractivity contribution in [3.05, 3.63) is 54.2 Å². The van der Waals surface area contributed by atoms with Gasteiger partial charge < -0.3 is 5.32 Å². The summed E-state index contributed by atoms with van der Waals surface area (Å²) in [5.41, 5.74) is 3.56. The van der Waals surface area contributed by atoms with E-state index in [2.05, 4.69) is 55.0 Å². The van der Waals surface area contributed by atoms with Gasteiger partial charge in [0.25, 0.3) is 0 Å². The van der Waals surface area contributed by atoms with Gasteiger partial charge in [0, 0.05) is 17.6 Å². The van der Waals surface area contributed by atoms with Crippen LogP contribution < -0.4 is 5.32 Å². The number of benzene rings is 1. The zero-order valence-corrected chi connectivity index (χ0v) is 11.1. The fourth-order valence-corrected chi connectivity index (χ4v) is 2.32. The Hall–Kier alpha value is -1.67. The topological polar surface area (TPSA) is 24.9 Å². The molecule has 1 atom stereocenters. The van der Waals surface area contributed by atoms with E-state index in [-0.39, 0.29) is 0 Å². The average molecular weight is 240 g/mol. The summed E-state index contributed by atoms with van der Waals surface area (Å²) < 4.78 is 0. The molecule has 18 heavy (non-hydrogen) atoms. The van der Waals surface area contributed by atoms with Crippen LogP contribution in [-0.4, -0.2) is 11.5 Å². The lowest BCUT2D eigenvalue weighted by atomic mass is 9.96. The lowest BCUT2D eigenvalue weighted by Crippen LogP contribution is -2.21. The first-order valence-electron chi connectivity index (χ1n) is 6.43. The quantitative estimate of drug-likeness (QED) is 0.803. The van der Waals surface area contributed by atoms with Gasteiger partial charge in [0.1, 0.15) is 0 Å². The molecule has 0 spiro atoms. The van der Waals surface area contributed by atoms with Crippen molar-refractivity contribution in [3.8, 4) is 0 Å². The molecule has 1 N–H and O–H groups in total. The fourth-order valence-electron chi connectivity index (χ4n) is 2.32. The van der Waals surface area contributed by atoms with Crippen LogP contribution in [0.2, 0.25) is 0 Å². The third kappa shape index (κ3) is 2.77. The molecule has 0 amide bonds. The molecule has 2 aromatic rings. The number of hydrogen-bond acceptors (Lipinski definition) is 2. The predicted molar refractivity (Wildman–Crippen MR) is 77.6 cm³/mol. The van der Waals surface area contributed by atoms with E-state index in [4.69, 9.17) is 0 Å². The second-order valence-corrected chi connectivity index (χ2v) is 4.69. The van der Waals surface area contributed by atoms with E-state index >= 15 is 0 Å². The molecule has 0 aliphatic rings. The molecule has 2 nitrogen and oxygen atoms in total. The third-order valence-corrected chi connectivity index (χ3v) is 3.06. The van der Waals surface area contributed by atoms with Crippen molar-refractivity contribution in [2.45, 2.75) is 26.3 Å². The molecule has 1 aromatic heterocycles. The van der Waals surface area contributed by atoms with E-state index < -0.39 is 0 Å². The summed E-state index contributed by atoms with van der Waals surface area (Å²) in [6, 6.07) is 10.8. The molecule has 0 fully saturated rings. The average Bonchev–Trinajstić information content (AvgIpc) is 2.37. The normalized spacial score (nSPS) is 12.6. The SMILES string of the molecule is C=C(C)CC(NCC)c1cccc2ncccc12. The number of pyridine rings is 1. The maximum atomic E-state index is 4.41. The Labute approximate surface area is 109 Å². The van der Waals surface area contributed by atoms with Crippen molar-refractivity contribution >= 4 is 10.9 Å². The predicted octanol–water partition coefficient (Wildman–Crippen LogP) is 3.85. The Morgan fingerprint density at radius 2 is 2.17 bits per heavy atom. The number of nitrogens with one attached hydrogen (secondary N) is 1. The van der Waals surface area contributed by atoms with Crippen molar-refractivity contribution in [2.75, 3.05) is 6.54 Å². The minimum atomic E-state index is 0.320. The van der Waals surface area contributed by atoms with Crippen LogP contribution in [-0.2, 0) is 0 Å². The molecule has 1 aromatic carbocycles. The number of aromatic nitrogens is 1. The molecular formula is C16H20N2. The molecule has 94 valence electrons. The highest BCUT2D eigenvalue weighted by molar-refractivity contribution is 5.82. The molecule has 1 heterocycles. The molecule has 2 rings (SSSR count).